The normalized spacial score (nSPS) is 25.3. The van der Waals surface area contributed by atoms with Gasteiger partial charge in [-0.25, -0.2) is 0 Å². The third-order valence-electron chi connectivity index (χ3n) is 3.53. The molecule has 1 aliphatic heterocycles. The second-order valence-electron chi connectivity index (χ2n) is 5.26. The van der Waals surface area contributed by atoms with Gasteiger partial charge in [-0.05, 0) is 24.0 Å². The van der Waals surface area contributed by atoms with E-state index in [4.69, 9.17) is 4.74 Å². The Labute approximate surface area is 117 Å². The Morgan fingerprint density at radius 1 is 1.22 bits per heavy atom. The van der Waals surface area contributed by atoms with Gasteiger partial charge in [0.05, 0.1) is 6.42 Å². The molecule has 1 aliphatic rings. The van der Waals surface area contributed by atoms with Crippen molar-refractivity contribution in [2.75, 3.05) is 0 Å². The zero-order valence-corrected chi connectivity index (χ0v) is 12.6. The molecule has 3 atom stereocenters. The average Bonchev–Trinajstić information content (AvgIpc) is 2.71. The largest absolute Gasteiger partial charge is 0.460 e. The molecule has 2 rings (SSSR count). The molecule has 1 aromatic carbocycles. The van der Waals surface area contributed by atoms with Gasteiger partial charge < -0.3 is 4.74 Å². The lowest BCUT2D eigenvalue weighted by Gasteiger charge is -2.20. The summed E-state index contributed by atoms with van der Waals surface area (Å²) in [6.07, 6.45) is 0.434. The van der Waals surface area contributed by atoms with Crippen molar-refractivity contribution in [3.8, 4) is 0 Å². The Kier molecular flexibility index (Phi) is 4.10. The third-order valence-corrected chi connectivity index (χ3v) is 4.06. The van der Waals surface area contributed by atoms with Gasteiger partial charge in [-0.3, -0.25) is 4.79 Å². The standard InChI is InChI=1S/C15H19BrO2/c1-9(2)11-4-6-12(7-5-11)13-8-14(17)18-15(13)10(3)16/h4-7,9-10,13,15H,8H2,1-3H3/t10?,13-,15+/m0/s1. The number of halogens is 1. The third kappa shape index (κ3) is 2.77. The van der Waals surface area contributed by atoms with Gasteiger partial charge in [0, 0.05) is 10.7 Å². The van der Waals surface area contributed by atoms with Crippen molar-refractivity contribution in [2.45, 2.75) is 50.0 Å². The van der Waals surface area contributed by atoms with E-state index in [-0.39, 0.29) is 22.8 Å². The molecule has 1 saturated heterocycles. The SMILES string of the molecule is CC(C)c1ccc([C@@H]2CC(=O)O[C@@H]2C(C)Br)cc1. The topological polar surface area (TPSA) is 26.3 Å². The van der Waals surface area contributed by atoms with Gasteiger partial charge in [0.2, 0.25) is 0 Å². The molecule has 1 aromatic rings. The molecule has 0 spiro atoms. The molecule has 18 heavy (non-hydrogen) atoms. The van der Waals surface area contributed by atoms with Crippen molar-refractivity contribution in [1.29, 1.82) is 0 Å². The number of esters is 1. The number of hydrogen-bond donors (Lipinski definition) is 0. The Balaban J connectivity index is 2.22. The van der Waals surface area contributed by atoms with Gasteiger partial charge in [0.25, 0.3) is 0 Å². The van der Waals surface area contributed by atoms with Crippen molar-refractivity contribution in [3.63, 3.8) is 0 Å². The highest BCUT2D eigenvalue weighted by atomic mass is 79.9. The monoisotopic (exact) mass is 310 g/mol. The molecule has 0 N–H and O–H groups in total. The molecule has 0 bridgehead atoms. The van der Waals surface area contributed by atoms with Crippen LogP contribution >= 0.6 is 15.9 Å². The number of benzene rings is 1. The van der Waals surface area contributed by atoms with Gasteiger partial charge in [0.15, 0.2) is 0 Å². The van der Waals surface area contributed by atoms with Crippen LogP contribution in [-0.2, 0) is 9.53 Å². The summed E-state index contributed by atoms with van der Waals surface area (Å²) in [5.41, 5.74) is 2.52. The van der Waals surface area contributed by atoms with E-state index < -0.39 is 0 Å². The van der Waals surface area contributed by atoms with Crippen LogP contribution in [0.15, 0.2) is 24.3 Å². The molecule has 2 nitrogen and oxygen atoms in total. The van der Waals surface area contributed by atoms with E-state index >= 15 is 0 Å². The van der Waals surface area contributed by atoms with Gasteiger partial charge in [-0.15, -0.1) is 0 Å². The number of rotatable bonds is 3. The highest BCUT2D eigenvalue weighted by Gasteiger charge is 2.38. The first-order valence-electron chi connectivity index (χ1n) is 6.42. The van der Waals surface area contributed by atoms with Crippen LogP contribution in [0.5, 0.6) is 0 Å². The number of carbonyl (C=O) groups is 1. The lowest BCUT2D eigenvalue weighted by molar-refractivity contribution is -0.141. The minimum Gasteiger partial charge on any atom is -0.460 e. The minimum atomic E-state index is -0.0933. The van der Waals surface area contributed by atoms with Crippen LogP contribution in [0.2, 0.25) is 0 Å². The van der Waals surface area contributed by atoms with Gasteiger partial charge in [-0.1, -0.05) is 54.0 Å². The van der Waals surface area contributed by atoms with Gasteiger partial charge >= 0.3 is 5.97 Å². The fraction of sp³-hybridized carbons (Fsp3) is 0.533. The van der Waals surface area contributed by atoms with Gasteiger partial charge in [-0.2, -0.15) is 0 Å². The summed E-state index contributed by atoms with van der Waals surface area (Å²) < 4.78 is 5.38. The number of alkyl halides is 1. The maximum absolute atomic E-state index is 11.5. The summed E-state index contributed by atoms with van der Waals surface area (Å²) in [5, 5.41) is 0. The lowest BCUT2D eigenvalue weighted by Crippen LogP contribution is -2.23. The second-order valence-corrected chi connectivity index (χ2v) is 6.71. The first-order chi connectivity index (χ1) is 8.49. The fourth-order valence-corrected chi connectivity index (χ4v) is 2.90. The summed E-state index contributed by atoms with van der Waals surface area (Å²) in [6.45, 7) is 6.39. The number of hydrogen-bond acceptors (Lipinski definition) is 2. The van der Waals surface area contributed by atoms with Crippen LogP contribution in [0.25, 0.3) is 0 Å². The van der Waals surface area contributed by atoms with Gasteiger partial charge in [0.1, 0.15) is 6.10 Å². The summed E-state index contributed by atoms with van der Waals surface area (Å²) in [5.74, 6) is 0.615. The van der Waals surface area contributed by atoms with Crippen molar-refractivity contribution >= 4 is 21.9 Å². The van der Waals surface area contributed by atoms with Crippen LogP contribution in [-0.4, -0.2) is 16.9 Å². The highest BCUT2D eigenvalue weighted by molar-refractivity contribution is 9.09. The van der Waals surface area contributed by atoms with Crippen LogP contribution in [0.3, 0.4) is 0 Å². The van der Waals surface area contributed by atoms with Crippen LogP contribution in [0.4, 0.5) is 0 Å². The molecular weight excluding hydrogens is 292 g/mol. The van der Waals surface area contributed by atoms with Crippen molar-refractivity contribution < 1.29 is 9.53 Å². The van der Waals surface area contributed by atoms with E-state index in [2.05, 4.69) is 54.0 Å². The Hall–Kier alpha value is -0.830. The first kappa shape index (κ1) is 13.6. The predicted octanol–water partition coefficient (Wildman–Crippen LogP) is 3.99. The van der Waals surface area contributed by atoms with Crippen LogP contribution < -0.4 is 0 Å². The molecular formula is C15H19BrO2. The molecule has 0 saturated carbocycles. The van der Waals surface area contributed by atoms with Crippen LogP contribution in [0, 0.1) is 0 Å². The predicted molar refractivity (Wildman–Crippen MR) is 76.2 cm³/mol. The molecule has 1 unspecified atom stereocenters. The van der Waals surface area contributed by atoms with E-state index in [0.29, 0.717) is 12.3 Å². The molecule has 0 amide bonds. The number of carbonyl (C=O) groups excluding carboxylic acids is 1. The Bertz CT molecular complexity index is 423. The first-order valence-corrected chi connectivity index (χ1v) is 7.34. The Morgan fingerprint density at radius 3 is 2.33 bits per heavy atom. The zero-order chi connectivity index (χ0) is 13.3. The minimum absolute atomic E-state index is 0.0533. The lowest BCUT2D eigenvalue weighted by atomic mass is 9.89. The molecule has 0 aliphatic carbocycles. The summed E-state index contributed by atoms with van der Waals surface area (Å²) in [6, 6.07) is 8.56. The van der Waals surface area contributed by atoms with Crippen molar-refractivity contribution in [3.05, 3.63) is 35.4 Å². The highest BCUT2D eigenvalue weighted by Crippen LogP contribution is 2.36. The Morgan fingerprint density at radius 2 is 1.83 bits per heavy atom. The summed E-state index contributed by atoms with van der Waals surface area (Å²) >= 11 is 3.53. The molecule has 0 radical (unpaired) electrons. The molecule has 0 aromatic heterocycles. The number of cyclic esters (lactones) is 1. The fourth-order valence-electron chi connectivity index (χ4n) is 2.43. The molecule has 1 fully saturated rings. The molecule has 3 heteroatoms. The second kappa shape index (κ2) is 5.43. The van der Waals surface area contributed by atoms with Crippen molar-refractivity contribution in [1.82, 2.24) is 0 Å². The zero-order valence-electron chi connectivity index (χ0n) is 11.0. The van der Waals surface area contributed by atoms with E-state index in [1.54, 1.807) is 0 Å². The maximum Gasteiger partial charge on any atom is 0.306 e. The smallest absolute Gasteiger partial charge is 0.306 e. The molecule has 1 heterocycles. The van der Waals surface area contributed by atoms with E-state index in [1.807, 2.05) is 6.92 Å². The average molecular weight is 311 g/mol. The summed E-state index contributed by atoms with van der Waals surface area (Å²) in [7, 11) is 0. The maximum atomic E-state index is 11.5. The quantitative estimate of drug-likeness (QED) is 0.623. The van der Waals surface area contributed by atoms with E-state index in [0.717, 1.165) is 0 Å². The van der Waals surface area contributed by atoms with Crippen LogP contribution in [0.1, 0.15) is 50.2 Å². The van der Waals surface area contributed by atoms with Crippen molar-refractivity contribution in [2.24, 2.45) is 0 Å². The number of ether oxygens (including phenoxy) is 1. The van der Waals surface area contributed by atoms with E-state index in [1.165, 1.54) is 11.1 Å². The summed E-state index contributed by atoms with van der Waals surface area (Å²) in [4.78, 5) is 11.7. The molecule has 98 valence electrons. The van der Waals surface area contributed by atoms with E-state index in [9.17, 15) is 4.79 Å².